The van der Waals surface area contributed by atoms with E-state index in [0.717, 1.165) is 29.9 Å². The lowest BCUT2D eigenvalue weighted by atomic mass is 10.1. The molecule has 1 aromatic rings. The SMILES string of the molecule is CCCOc1ccc2c(c1)C(O)C(CC)O2. The summed E-state index contributed by atoms with van der Waals surface area (Å²) in [6.45, 7) is 4.78. The summed E-state index contributed by atoms with van der Waals surface area (Å²) in [5.74, 6) is 1.59. The maximum Gasteiger partial charge on any atom is 0.129 e. The van der Waals surface area contributed by atoms with E-state index in [-0.39, 0.29) is 6.10 Å². The molecule has 1 aromatic carbocycles. The molecule has 1 aliphatic rings. The molecule has 0 amide bonds. The van der Waals surface area contributed by atoms with E-state index in [0.29, 0.717) is 6.61 Å². The highest BCUT2D eigenvalue weighted by Crippen LogP contribution is 2.39. The van der Waals surface area contributed by atoms with Crippen molar-refractivity contribution in [2.24, 2.45) is 0 Å². The molecule has 0 saturated heterocycles. The van der Waals surface area contributed by atoms with Crippen molar-refractivity contribution in [3.8, 4) is 11.5 Å². The summed E-state index contributed by atoms with van der Waals surface area (Å²) in [6.07, 6.45) is 1.15. The lowest BCUT2D eigenvalue weighted by Gasteiger charge is -2.10. The Morgan fingerprint density at radius 2 is 2.19 bits per heavy atom. The Morgan fingerprint density at radius 1 is 1.38 bits per heavy atom. The van der Waals surface area contributed by atoms with Crippen LogP contribution in [0.5, 0.6) is 11.5 Å². The van der Waals surface area contributed by atoms with Crippen LogP contribution in [0, 0.1) is 0 Å². The molecular formula is C13H18O3. The second-order valence-electron chi connectivity index (χ2n) is 4.06. The van der Waals surface area contributed by atoms with Crippen LogP contribution in [0.3, 0.4) is 0 Å². The number of fused-ring (bicyclic) bond motifs is 1. The number of ether oxygens (including phenoxy) is 2. The van der Waals surface area contributed by atoms with E-state index in [1.165, 1.54) is 0 Å². The van der Waals surface area contributed by atoms with Crippen molar-refractivity contribution in [3.63, 3.8) is 0 Å². The number of rotatable bonds is 4. The van der Waals surface area contributed by atoms with Crippen molar-refractivity contribution in [1.82, 2.24) is 0 Å². The molecule has 0 aliphatic carbocycles. The number of hydrogen-bond acceptors (Lipinski definition) is 3. The molecule has 16 heavy (non-hydrogen) atoms. The molecule has 0 bridgehead atoms. The quantitative estimate of drug-likeness (QED) is 0.851. The average Bonchev–Trinajstić information content (AvgIpc) is 2.63. The predicted octanol–water partition coefficient (Wildman–Crippen LogP) is 2.68. The number of aliphatic hydroxyl groups is 1. The summed E-state index contributed by atoms with van der Waals surface area (Å²) in [4.78, 5) is 0. The molecule has 2 rings (SSSR count). The van der Waals surface area contributed by atoms with Crippen LogP contribution in [0.1, 0.15) is 38.4 Å². The molecule has 3 nitrogen and oxygen atoms in total. The Kier molecular flexibility index (Phi) is 3.34. The van der Waals surface area contributed by atoms with Gasteiger partial charge in [0.1, 0.15) is 23.7 Å². The normalized spacial score (nSPS) is 22.7. The summed E-state index contributed by atoms with van der Waals surface area (Å²) >= 11 is 0. The largest absolute Gasteiger partial charge is 0.494 e. The molecule has 0 aromatic heterocycles. The predicted molar refractivity (Wildman–Crippen MR) is 61.9 cm³/mol. The fourth-order valence-corrected chi connectivity index (χ4v) is 1.91. The Morgan fingerprint density at radius 3 is 2.88 bits per heavy atom. The van der Waals surface area contributed by atoms with Crippen LogP contribution < -0.4 is 9.47 Å². The zero-order valence-electron chi connectivity index (χ0n) is 9.77. The van der Waals surface area contributed by atoms with Crippen LogP contribution in [0.15, 0.2) is 18.2 Å². The first-order valence-corrected chi connectivity index (χ1v) is 5.87. The topological polar surface area (TPSA) is 38.7 Å². The Labute approximate surface area is 96.0 Å². The molecule has 1 N–H and O–H groups in total. The van der Waals surface area contributed by atoms with E-state index in [4.69, 9.17) is 9.47 Å². The summed E-state index contributed by atoms with van der Waals surface area (Å²) in [6, 6.07) is 5.64. The second kappa shape index (κ2) is 4.74. The molecule has 2 unspecified atom stereocenters. The lowest BCUT2D eigenvalue weighted by Crippen LogP contribution is -2.16. The zero-order valence-corrected chi connectivity index (χ0v) is 9.77. The van der Waals surface area contributed by atoms with E-state index in [2.05, 4.69) is 6.92 Å². The first-order chi connectivity index (χ1) is 7.76. The molecule has 0 radical (unpaired) electrons. The first-order valence-electron chi connectivity index (χ1n) is 5.87. The summed E-state index contributed by atoms with van der Waals surface area (Å²) in [7, 11) is 0. The minimum atomic E-state index is -0.523. The van der Waals surface area contributed by atoms with Gasteiger partial charge in [0.15, 0.2) is 0 Å². The van der Waals surface area contributed by atoms with Crippen molar-refractivity contribution in [2.75, 3.05) is 6.61 Å². The van der Waals surface area contributed by atoms with Crippen molar-refractivity contribution >= 4 is 0 Å². The van der Waals surface area contributed by atoms with Gasteiger partial charge in [-0.25, -0.2) is 0 Å². The second-order valence-corrected chi connectivity index (χ2v) is 4.06. The van der Waals surface area contributed by atoms with Crippen LogP contribution in [0.4, 0.5) is 0 Å². The highest BCUT2D eigenvalue weighted by molar-refractivity contribution is 5.44. The van der Waals surface area contributed by atoms with Crippen molar-refractivity contribution < 1.29 is 14.6 Å². The molecule has 0 fully saturated rings. The highest BCUT2D eigenvalue weighted by atomic mass is 16.5. The van der Waals surface area contributed by atoms with E-state index in [9.17, 15) is 5.11 Å². The van der Waals surface area contributed by atoms with E-state index in [1.807, 2.05) is 25.1 Å². The average molecular weight is 222 g/mol. The Hall–Kier alpha value is -1.22. The molecule has 0 saturated carbocycles. The standard InChI is InChI=1S/C13H18O3/c1-3-7-15-9-5-6-12-10(8-9)13(14)11(4-2)16-12/h5-6,8,11,13-14H,3-4,7H2,1-2H3. The van der Waals surface area contributed by atoms with Crippen LogP contribution in [-0.2, 0) is 0 Å². The van der Waals surface area contributed by atoms with Gasteiger partial charge in [-0.05, 0) is 31.0 Å². The lowest BCUT2D eigenvalue weighted by molar-refractivity contribution is 0.0653. The zero-order chi connectivity index (χ0) is 11.5. The van der Waals surface area contributed by atoms with E-state index >= 15 is 0 Å². The van der Waals surface area contributed by atoms with Crippen molar-refractivity contribution in [2.45, 2.75) is 38.9 Å². The van der Waals surface area contributed by atoms with Gasteiger partial charge in [-0.2, -0.15) is 0 Å². The van der Waals surface area contributed by atoms with Crippen LogP contribution >= 0.6 is 0 Å². The van der Waals surface area contributed by atoms with E-state index in [1.54, 1.807) is 0 Å². The van der Waals surface area contributed by atoms with Gasteiger partial charge in [0, 0.05) is 5.56 Å². The summed E-state index contributed by atoms with van der Waals surface area (Å²) < 4.78 is 11.2. The molecule has 1 aliphatic heterocycles. The minimum absolute atomic E-state index is 0.114. The Balaban J connectivity index is 2.17. The third-order valence-electron chi connectivity index (χ3n) is 2.81. The maximum absolute atomic E-state index is 10.0. The third kappa shape index (κ3) is 2.00. The van der Waals surface area contributed by atoms with Crippen LogP contribution in [0.2, 0.25) is 0 Å². The summed E-state index contributed by atoms with van der Waals surface area (Å²) in [5, 5.41) is 10.0. The van der Waals surface area contributed by atoms with Gasteiger partial charge in [-0.1, -0.05) is 13.8 Å². The van der Waals surface area contributed by atoms with Gasteiger partial charge in [0.25, 0.3) is 0 Å². The van der Waals surface area contributed by atoms with Gasteiger partial charge in [-0.3, -0.25) is 0 Å². The van der Waals surface area contributed by atoms with Crippen LogP contribution in [-0.4, -0.2) is 17.8 Å². The van der Waals surface area contributed by atoms with E-state index < -0.39 is 6.10 Å². The monoisotopic (exact) mass is 222 g/mol. The maximum atomic E-state index is 10.0. The number of benzene rings is 1. The van der Waals surface area contributed by atoms with Gasteiger partial charge >= 0.3 is 0 Å². The van der Waals surface area contributed by atoms with Crippen molar-refractivity contribution in [3.05, 3.63) is 23.8 Å². The molecule has 2 atom stereocenters. The molecule has 88 valence electrons. The fraction of sp³-hybridized carbons (Fsp3) is 0.538. The molecule has 3 heteroatoms. The number of hydrogen-bond donors (Lipinski definition) is 1. The first kappa shape index (κ1) is 11.3. The molecular weight excluding hydrogens is 204 g/mol. The Bertz CT molecular complexity index is 362. The van der Waals surface area contributed by atoms with Gasteiger partial charge in [0.05, 0.1) is 6.61 Å². The molecule has 1 heterocycles. The third-order valence-corrected chi connectivity index (χ3v) is 2.81. The van der Waals surface area contributed by atoms with Gasteiger partial charge in [-0.15, -0.1) is 0 Å². The minimum Gasteiger partial charge on any atom is -0.494 e. The van der Waals surface area contributed by atoms with Gasteiger partial charge in [0.2, 0.25) is 0 Å². The summed E-state index contributed by atoms with van der Waals surface area (Å²) in [5.41, 5.74) is 0.848. The smallest absolute Gasteiger partial charge is 0.129 e. The van der Waals surface area contributed by atoms with Crippen molar-refractivity contribution in [1.29, 1.82) is 0 Å². The van der Waals surface area contributed by atoms with Crippen LogP contribution in [0.25, 0.3) is 0 Å². The van der Waals surface area contributed by atoms with Gasteiger partial charge < -0.3 is 14.6 Å². The fourth-order valence-electron chi connectivity index (χ4n) is 1.91. The molecule has 0 spiro atoms. The highest BCUT2D eigenvalue weighted by Gasteiger charge is 2.31. The number of aliphatic hydroxyl groups excluding tert-OH is 1.